The second-order valence-electron chi connectivity index (χ2n) is 6.43. The highest BCUT2D eigenvalue weighted by Gasteiger charge is 2.14. The van der Waals surface area contributed by atoms with Gasteiger partial charge in [0.05, 0.1) is 23.3 Å². The van der Waals surface area contributed by atoms with Gasteiger partial charge < -0.3 is 9.30 Å². The Morgan fingerprint density at radius 2 is 2.10 bits per heavy atom. The lowest BCUT2D eigenvalue weighted by Gasteiger charge is -2.11. The summed E-state index contributed by atoms with van der Waals surface area (Å²) in [6, 6.07) is 12.0. The number of benzene rings is 1. The molecule has 0 bridgehead atoms. The van der Waals surface area contributed by atoms with Crippen molar-refractivity contribution in [1.82, 2.24) is 9.55 Å². The number of anilines is 1. The molecule has 9 heteroatoms. The molecule has 1 N–H and O–H groups in total. The molecule has 0 amide bonds. The number of carbonyl (C=O) groups excluding carboxylic acids is 1. The average Bonchev–Trinajstić information content (AvgIpc) is 3.01. The van der Waals surface area contributed by atoms with Crippen molar-refractivity contribution in [3.05, 3.63) is 81.3 Å². The van der Waals surface area contributed by atoms with Crippen molar-refractivity contribution in [2.24, 2.45) is 5.10 Å². The maximum atomic E-state index is 12.0. The number of pyridine rings is 1. The van der Waals surface area contributed by atoms with E-state index >= 15 is 0 Å². The van der Waals surface area contributed by atoms with Gasteiger partial charge in [-0.3, -0.25) is 15.5 Å². The van der Waals surface area contributed by atoms with Gasteiger partial charge in [-0.2, -0.15) is 5.10 Å². The van der Waals surface area contributed by atoms with Gasteiger partial charge in [0, 0.05) is 34.9 Å². The molecular formula is C21H21N5O4. The predicted molar refractivity (Wildman–Crippen MR) is 113 cm³/mol. The number of hydrogen-bond acceptors (Lipinski definition) is 7. The van der Waals surface area contributed by atoms with E-state index in [9.17, 15) is 14.9 Å². The molecule has 154 valence electrons. The summed E-state index contributed by atoms with van der Waals surface area (Å²) in [6.07, 6.45) is 3.03. The number of nitrogens with one attached hydrogen (secondary N) is 1. The first kappa shape index (κ1) is 20.7. The fourth-order valence-corrected chi connectivity index (χ4v) is 3.10. The van der Waals surface area contributed by atoms with E-state index in [2.05, 4.69) is 15.5 Å². The van der Waals surface area contributed by atoms with Crippen LogP contribution in [0.2, 0.25) is 0 Å². The predicted octanol–water partition coefficient (Wildman–Crippen LogP) is 4.02. The normalized spacial score (nSPS) is 10.9. The largest absolute Gasteiger partial charge is 0.462 e. The molecule has 0 aliphatic rings. The molecule has 3 aromatic rings. The third-order valence-corrected chi connectivity index (χ3v) is 4.44. The van der Waals surface area contributed by atoms with Crippen LogP contribution in [-0.4, -0.2) is 33.3 Å². The Balaban J connectivity index is 1.86. The van der Waals surface area contributed by atoms with Crippen molar-refractivity contribution in [3.8, 4) is 5.69 Å². The van der Waals surface area contributed by atoms with Crippen LogP contribution in [0.5, 0.6) is 0 Å². The van der Waals surface area contributed by atoms with E-state index in [1.165, 1.54) is 18.3 Å². The van der Waals surface area contributed by atoms with Gasteiger partial charge in [0.25, 0.3) is 0 Å². The molecule has 0 atom stereocenters. The molecule has 0 saturated heterocycles. The molecule has 0 radical (unpaired) electrons. The number of carbonyl (C=O) groups is 1. The molecule has 1 aromatic carbocycles. The number of rotatable bonds is 7. The molecule has 0 aliphatic carbocycles. The van der Waals surface area contributed by atoms with Gasteiger partial charge in [-0.15, -0.1) is 0 Å². The standard InChI is InChI=1S/C21H21N5O4/c1-4-30-21(27)16-7-5-8-18(12-16)25-14(2)11-17(15(25)3)13-23-24-20-19(26(28)29)9-6-10-22-20/h5-13H,4H2,1-3H3,(H,22,24). The highest BCUT2D eigenvalue weighted by molar-refractivity contribution is 5.90. The highest BCUT2D eigenvalue weighted by Crippen LogP contribution is 2.22. The SMILES string of the molecule is CCOC(=O)c1cccc(-n2c(C)cc(C=NNc3ncccc3[N+](=O)[O-])c2C)c1. The topological polar surface area (TPSA) is 112 Å². The van der Waals surface area contributed by atoms with Gasteiger partial charge in [-0.1, -0.05) is 6.07 Å². The first-order valence-electron chi connectivity index (χ1n) is 9.27. The Morgan fingerprint density at radius 3 is 2.83 bits per heavy atom. The van der Waals surface area contributed by atoms with E-state index in [1.807, 2.05) is 30.5 Å². The Labute approximate surface area is 173 Å². The van der Waals surface area contributed by atoms with E-state index in [0.29, 0.717) is 12.2 Å². The van der Waals surface area contributed by atoms with E-state index in [4.69, 9.17) is 4.74 Å². The minimum Gasteiger partial charge on any atom is -0.462 e. The van der Waals surface area contributed by atoms with E-state index < -0.39 is 4.92 Å². The summed E-state index contributed by atoms with van der Waals surface area (Å²) >= 11 is 0. The number of aromatic nitrogens is 2. The third kappa shape index (κ3) is 4.35. The number of aryl methyl sites for hydroxylation is 1. The number of esters is 1. The Hall–Kier alpha value is -4.01. The van der Waals surface area contributed by atoms with Crippen LogP contribution < -0.4 is 5.43 Å². The van der Waals surface area contributed by atoms with E-state index in [-0.39, 0.29) is 17.5 Å². The van der Waals surface area contributed by atoms with Gasteiger partial charge in [0.15, 0.2) is 0 Å². The van der Waals surface area contributed by atoms with Crippen molar-refractivity contribution < 1.29 is 14.5 Å². The Bertz CT molecular complexity index is 1120. The quantitative estimate of drug-likeness (QED) is 0.274. The summed E-state index contributed by atoms with van der Waals surface area (Å²) < 4.78 is 7.07. The maximum absolute atomic E-state index is 12.0. The minimum atomic E-state index is -0.521. The molecule has 0 saturated carbocycles. The van der Waals surface area contributed by atoms with E-state index in [1.54, 1.807) is 31.3 Å². The molecule has 30 heavy (non-hydrogen) atoms. The smallest absolute Gasteiger partial charge is 0.338 e. The van der Waals surface area contributed by atoms with Crippen molar-refractivity contribution in [3.63, 3.8) is 0 Å². The van der Waals surface area contributed by atoms with Crippen molar-refractivity contribution in [2.75, 3.05) is 12.0 Å². The second-order valence-corrected chi connectivity index (χ2v) is 6.43. The lowest BCUT2D eigenvalue weighted by Crippen LogP contribution is -2.06. The number of nitrogens with zero attached hydrogens (tertiary/aromatic N) is 4. The number of nitro groups is 1. The van der Waals surface area contributed by atoms with Crippen LogP contribution in [-0.2, 0) is 4.74 Å². The van der Waals surface area contributed by atoms with Crippen LogP contribution in [0, 0.1) is 24.0 Å². The molecule has 3 rings (SSSR count). The fourth-order valence-electron chi connectivity index (χ4n) is 3.10. The molecule has 0 aliphatic heterocycles. The van der Waals surface area contributed by atoms with Crippen molar-refractivity contribution >= 4 is 23.7 Å². The Kier molecular flexibility index (Phi) is 6.21. The maximum Gasteiger partial charge on any atom is 0.338 e. The number of ether oxygens (including phenoxy) is 1. The number of hydrogen-bond donors (Lipinski definition) is 1. The molecular weight excluding hydrogens is 386 g/mol. The van der Waals surface area contributed by atoms with Crippen LogP contribution in [0.15, 0.2) is 53.8 Å². The third-order valence-electron chi connectivity index (χ3n) is 4.44. The van der Waals surface area contributed by atoms with Gasteiger partial charge in [0.1, 0.15) is 0 Å². The lowest BCUT2D eigenvalue weighted by atomic mass is 10.2. The van der Waals surface area contributed by atoms with Gasteiger partial charge in [-0.25, -0.2) is 9.78 Å². The van der Waals surface area contributed by atoms with Crippen molar-refractivity contribution in [2.45, 2.75) is 20.8 Å². The van der Waals surface area contributed by atoms with Crippen LogP contribution >= 0.6 is 0 Å². The van der Waals surface area contributed by atoms with Gasteiger partial charge in [-0.05, 0) is 51.1 Å². The summed E-state index contributed by atoms with van der Waals surface area (Å²) in [5.41, 5.74) is 6.42. The summed E-state index contributed by atoms with van der Waals surface area (Å²) in [7, 11) is 0. The molecule has 0 unspecified atom stereocenters. The fraction of sp³-hybridized carbons (Fsp3) is 0.190. The second kappa shape index (κ2) is 8.99. The number of hydrazone groups is 1. The monoisotopic (exact) mass is 407 g/mol. The van der Waals surface area contributed by atoms with Crippen LogP contribution in [0.3, 0.4) is 0 Å². The van der Waals surface area contributed by atoms with Crippen LogP contribution in [0.1, 0.15) is 34.2 Å². The first-order chi connectivity index (χ1) is 14.4. The summed E-state index contributed by atoms with van der Waals surface area (Å²) in [5, 5.41) is 15.2. The summed E-state index contributed by atoms with van der Waals surface area (Å²) in [6.45, 7) is 5.95. The van der Waals surface area contributed by atoms with Gasteiger partial charge in [0.2, 0.25) is 5.82 Å². The van der Waals surface area contributed by atoms with Gasteiger partial charge >= 0.3 is 11.7 Å². The average molecular weight is 407 g/mol. The zero-order chi connectivity index (χ0) is 21.7. The van der Waals surface area contributed by atoms with Crippen LogP contribution in [0.25, 0.3) is 5.69 Å². The highest BCUT2D eigenvalue weighted by atomic mass is 16.6. The first-order valence-corrected chi connectivity index (χ1v) is 9.27. The summed E-state index contributed by atoms with van der Waals surface area (Å²) in [5.74, 6) is -0.306. The molecule has 0 fully saturated rings. The molecule has 2 heterocycles. The summed E-state index contributed by atoms with van der Waals surface area (Å²) in [4.78, 5) is 26.5. The molecule has 9 nitrogen and oxygen atoms in total. The Morgan fingerprint density at radius 1 is 1.30 bits per heavy atom. The lowest BCUT2D eigenvalue weighted by molar-refractivity contribution is -0.384. The zero-order valence-electron chi connectivity index (χ0n) is 16.8. The molecule has 0 spiro atoms. The minimum absolute atomic E-state index is 0.0645. The van der Waals surface area contributed by atoms with Crippen molar-refractivity contribution in [1.29, 1.82) is 0 Å². The zero-order valence-corrected chi connectivity index (χ0v) is 16.8. The molecule has 2 aromatic heterocycles. The van der Waals surface area contributed by atoms with E-state index in [0.717, 1.165) is 22.6 Å². The van der Waals surface area contributed by atoms with Crippen LogP contribution in [0.4, 0.5) is 11.5 Å².